The van der Waals surface area contributed by atoms with Crippen LogP contribution >= 0.6 is 0 Å². The Kier molecular flexibility index (Phi) is 9.95. The van der Waals surface area contributed by atoms with Crippen molar-refractivity contribution in [1.82, 2.24) is 0 Å². The summed E-state index contributed by atoms with van der Waals surface area (Å²) < 4.78 is 0. The fraction of sp³-hybridized carbons (Fsp3) is 0.217. The topological polar surface area (TPSA) is 0 Å². The standard InChI is InChI=1S/C10H12.C8H10.C5H6/c1-3-9-5-7-10(4-2)8-6-9;1-2-8-6-4-3-5-7-8;1-2-4-5-3-1/h3,5-8H,1,4H2,2H3;3-7H,2H2,1H3;1-4H,5H2. The average molecular weight is 304 g/mol. The minimum atomic E-state index is 1.11. The van der Waals surface area contributed by atoms with E-state index in [1.807, 2.05) is 12.1 Å². The monoisotopic (exact) mass is 304 g/mol. The van der Waals surface area contributed by atoms with Crippen LogP contribution in [-0.4, -0.2) is 0 Å². The van der Waals surface area contributed by atoms with Gasteiger partial charge in [0, 0.05) is 0 Å². The van der Waals surface area contributed by atoms with Crippen molar-refractivity contribution in [3.8, 4) is 0 Å². The molecule has 120 valence electrons. The van der Waals surface area contributed by atoms with Gasteiger partial charge in [-0.25, -0.2) is 0 Å². The van der Waals surface area contributed by atoms with Crippen LogP contribution in [0.4, 0.5) is 0 Å². The number of benzene rings is 2. The van der Waals surface area contributed by atoms with E-state index in [9.17, 15) is 0 Å². The summed E-state index contributed by atoms with van der Waals surface area (Å²) >= 11 is 0. The highest BCUT2D eigenvalue weighted by atomic mass is 13.9. The summed E-state index contributed by atoms with van der Waals surface area (Å²) in [7, 11) is 0. The molecule has 3 rings (SSSR count). The molecule has 2 aromatic rings. The van der Waals surface area contributed by atoms with Crippen LogP contribution in [0.3, 0.4) is 0 Å². The number of hydrogen-bond donors (Lipinski definition) is 0. The lowest BCUT2D eigenvalue weighted by Crippen LogP contribution is -1.78. The van der Waals surface area contributed by atoms with E-state index in [4.69, 9.17) is 0 Å². The van der Waals surface area contributed by atoms with E-state index < -0.39 is 0 Å². The Bertz CT molecular complexity index is 576. The molecule has 0 saturated heterocycles. The van der Waals surface area contributed by atoms with Gasteiger partial charge in [0.1, 0.15) is 0 Å². The van der Waals surface area contributed by atoms with E-state index in [2.05, 4.69) is 93.3 Å². The van der Waals surface area contributed by atoms with Gasteiger partial charge in [-0.1, -0.05) is 105 Å². The summed E-state index contributed by atoms with van der Waals surface area (Å²) in [5.41, 5.74) is 3.98. The number of hydrogen-bond acceptors (Lipinski definition) is 0. The highest BCUT2D eigenvalue weighted by molar-refractivity contribution is 5.47. The van der Waals surface area contributed by atoms with Gasteiger partial charge >= 0.3 is 0 Å². The van der Waals surface area contributed by atoms with Crippen LogP contribution in [0, 0.1) is 0 Å². The summed E-state index contributed by atoms with van der Waals surface area (Å²) in [4.78, 5) is 0. The maximum absolute atomic E-state index is 3.69. The molecule has 0 spiro atoms. The maximum Gasteiger partial charge on any atom is -0.0163 e. The van der Waals surface area contributed by atoms with Gasteiger partial charge in [-0.15, -0.1) is 0 Å². The Morgan fingerprint density at radius 1 is 0.783 bits per heavy atom. The maximum atomic E-state index is 3.69. The molecule has 1 aliphatic carbocycles. The summed E-state index contributed by atoms with van der Waals surface area (Å²) in [6.45, 7) is 8.00. The fourth-order valence-electron chi connectivity index (χ4n) is 2.00. The second kappa shape index (κ2) is 12.2. The summed E-state index contributed by atoms with van der Waals surface area (Å²) in [6.07, 6.45) is 13.6. The van der Waals surface area contributed by atoms with Gasteiger partial charge in [0.15, 0.2) is 0 Å². The predicted molar refractivity (Wildman–Crippen MR) is 105 cm³/mol. The first-order valence-electron chi connectivity index (χ1n) is 8.37. The van der Waals surface area contributed by atoms with Crippen molar-refractivity contribution in [3.63, 3.8) is 0 Å². The third-order valence-electron chi connectivity index (χ3n) is 3.53. The molecule has 0 aliphatic heterocycles. The van der Waals surface area contributed by atoms with Crippen molar-refractivity contribution < 1.29 is 0 Å². The van der Waals surface area contributed by atoms with Crippen molar-refractivity contribution in [1.29, 1.82) is 0 Å². The lowest BCUT2D eigenvalue weighted by atomic mass is 10.1. The van der Waals surface area contributed by atoms with Crippen molar-refractivity contribution in [2.24, 2.45) is 0 Å². The van der Waals surface area contributed by atoms with Crippen LogP contribution in [0.25, 0.3) is 6.08 Å². The van der Waals surface area contributed by atoms with Crippen molar-refractivity contribution in [2.75, 3.05) is 0 Å². The largest absolute Gasteiger partial charge is 0.0985 e. The number of allylic oxidation sites excluding steroid dienone is 4. The second-order valence-electron chi connectivity index (χ2n) is 5.23. The van der Waals surface area contributed by atoms with Crippen LogP contribution in [0.5, 0.6) is 0 Å². The van der Waals surface area contributed by atoms with Gasteiger partial charge in [-0.3, -0.25) is 0 Å². The zero-order valence-electron chi connectivity index (χ0n) is 14.4. The molecule has 0 unspecified atom stereocenters. The Labute approximate surface area is 141 Å². The van der Waals surface area contributed by atoms with Crippen LogP contribution in [0.15, 0.2) is 85.5 Å². The predicted octanol–water partition coefficient (Wildman–Crippen LogP) is 6.64. The molecule has 1 aliphatic rings. The quantitative estimate of drug-likeness (QED) is 0.596. The lowest BCUT2D eigenvalue weighted by Gasteiger charge is -1.95. The van der Waals surface area contributed by atoms with Gasteiger partial charge in [0.25, 0.3) is 0 Å². The molecule has 0 N–H and O–H groups in total. The molecule has 0 atom stereocenters. The first kappa shape index (κ1) is 18.7. The molecular weight excluding hydrogens is 276 g/mol. The van der Waals surface area contributed by atoms with Crippen molar-refractivity contribution in [2.45, 2.75) is 33.1 Å². The van der Waals surface area contributed by atoms with E-state index >= 15 is 0 Å². The van der Waals surface area contributed by atoms with E-state index in [-0.39, 0.29) is 0 Å². The Hall–Kier alpha value is -2.34. The Morgan fingerprint density at radius 3 is 1.65 bits per heavy atom. The van der Waals surface area contributed by atoms with Crippen molar-refractivity contribution in [3.05, 3.63) is 102 Å². The van der Waals surface area contributed by atoms with Gasteiger partial charge in [-0.05, 0) is 36.0 Å². The van der Waals surface area contributed by atoms with E-state index in [1.54, 1.807) is 0 Å². The Morgan fingerprint density at radius 2 is 1.30 bits per heavy atom. The first-order chi connectivity index (χ1) is 11.3. The van der Waals surface area contributed by atoms with Crippen LogP contribution in [-0.2, 0) is 12.8 Å². The van der Waals surface area contributed by atoms with Crippen LogP contribution in [0.1, 0.15) is 37.0 Å². The van der Waals surface area contributed by atoms with Crippen LogP contribution in [0.2, 0.25) is 0 Å². The molecule has 0 nitrogen and oxygen atoms in total. The van der Waals surface area contributed by atoms with E-state index in [0.29, 0.717) is 0 Å². The van der Waals surface area contributed by atoms with Crippen LogP contribution < -0.4 is 0 Å². The first-order valence-corrected chi connectivity index (χ1v) is 8.37. The van der Waals surface area contributed by atoms with Gasteiger partial charge < -0.3 is 0 Å². The number of aryl methyl sites for hydroxylation is 2. The van der Waals surface area contributed by atoms with Crippen molar-refractivity contribution >= 4 is 6.08 Å². The average Bonchev–Trinajstić information content (AvgIpc) is 3.23. The minimum absolute atomic E-state index is 1.11. The molecule has 23 heavy (non-hydrogen) atoms. The molecular formula is C23H28. The molecule has 0 saturated carbocycles. The number of rotatable bonds is 3. The van der Waals surface area contributed by atoms with E-state index in [1.165, 1.54) is 16.7 Å². The molecule has 0 heteroatoms. The zero-order chi connectivity index (χ0) is 16.8. The smallest absolute Gasteiger partial charge is 0.0163 e. The fourth-order valence-corrected chi connectivity index (χ4v) is 2.00. The second-order valence-corrected chi connectivity index (χ2v) is 5.23. The summed E-state index contributed by atoms with van der Waals surface area (Å²) in [6, 6.07) is 18.9. The highest BCUT2D eigenvalue weighted by Gasteiger charge is 1.86. The van der Waals surface area contributed by atoms with E-state index in [0.717, 1.165) is 19.3 Å². The molecule has 2 aromatic carbocycles. The molecule has 0 amide bonds. The molecule has 0 bridgehead atoms. The molecule has 0 aromatic heterocycles. The zero-order valence-corrected chi connectivity index (χ0v) is 14.4. The van der Waals surface area contributed by atoms with Gasteiger partial charge in [-0.2, -0.15) is 0 Å². The van der Waals surface area contributed by atoms with Gasteiger partial charge in [0.05, 0.1) is 0 Å². The summed E-state index contributed by atoms with van der Waals surface area (Å²) in [5.74, 6) is 0. The third-order valence-corrected chi connectivity index (χ3v) is 3.53. The Balaban J connectivity index is 0.000000182. The molecule has 0 radical (unpaired) electrons. The third kappa shape index (κ3) is 8.63. The molecule has 0 heterocycles. The lowest BCUT2D eigenvalue weighted by molar-refractivity contribution is 1.14. The normalized spacial score (nSPS) is 11.0. The molecule has 0 fully saturated rings. The van der Waals surface area contributed by atoms with Gasteiger partial charge in [0.2, 0.25) is 0 Å². The minimum Gasteiger partial charge on any atom is -0.0985 e. The SMILES string of the molecule is C1=CCC=C1.C=Cc1ccc(CC)cc1.CCc1ccccc1. The highest BCUT2D eigenvalue weighted by Crippen LogP contribution is 2.05. The summed E-state index contributed by atoms with van der Waals surface area (Å²) in [5, 5.41) is 0.